The smallest absolute Gasteiger partial charge is 0.413 e. The van der Waals surface area contributed by atoms with Gasteiger partial charge in [-0.05, 0) is 19.1 Å². The molecule has 0 bridgehead atoms. The molecule has 1 aromatic carbocycles. The van der Waals surface area contributed by atoms with E-state index in [1.807, 2.05) is 0 Å². The van der Waals surface area contributed by atoms with Gasteiger partial charge in [-0.25, -0.2) is 0 Å². The molecule has 0 N–H and O–H groups in total. The molecule has 0 saturated heterocycles. The predicted molar refractivity (Wildman–Crippen MR) is 56.1 cm³/mol. The van der Waals surface area contributed by atoms with Crippen LogP contribution in [0.5, 0.6) is 0 Å². The van der Waals surface area contributed by atoms with Crippen LogP contribution >= 0.6 is 0 Å². The van der Waals surface area contributed by atoms with Crippen molar-refractivity contribution in [2.75, 3.05) is 0 Å². The Labute approximate surface area is 104 Å². The Morgan fingerprint density at radius 3 is 2.47 bits per heavy atom. The first-order chi connectivity index (χ1) is 8.79. The minimum Gasteiger partial charge on any atom is -0.413 e. The standard InChI is InChI=1S/C10H6F3N3O3/c1-5-4-6(2-3-7(5)16(17)18)8-14-15-9(19-8)10(11,12)13/h2-4H,1H3. The van der Waals surface area contributed by atoms with Crippen LogP contribution < -0.4 is 0 Å². The fourth-order valence-electron chi connectivity index (χ4n) is 1.45. The van der Waals surface area contributed by atoms with Gasteiger partial charge < -0.3 is 4.42 Å². The summed E-state index contributed by atoms with van der Waals surface area (Å²) in [4.78, 5) is 10.0. The minimum atomic E-state index is -4.72. The Bertz CT molecular complexity index is 636. The molecule has 0 radical (unpaired) electrons. The SMILES string of the molecule is Cc1cc(-c2nnc(C(F)(F)F)o2)ccc1[N+](=O)[O-]. The van der Waals surface area contributed by atoms with Crippen LogP contribution in [0.4, 0.5) is 18.9 Å². The summed E-state index contributed by atoms with van der Waals surface area (Å²) in [5, 5.41) is 16.7. The molecule has 0 unspecified atom stereocenters. The summed E-state index contributed by atoms with van der Waals surface area (Å²) in [7, 11) is 0. The van der Waals surface area contributed by atoms with Crippen molar-refractivity contribution in [3.8, 4) is 11.5 Å². The minimum absolute atomic E-state index is 0.140. The van der Waals surface area contributed by atoms with Crippen LogP contribution in [0.15, 0.2) is 22.6 Å². The van der Waals surface area contributed by atoms with Gasteiger partial charge in [-0.1, -0.05) is 0 Å². The zero-order valence-electron chi connectivity index (χ0n) is 9.43. The van der Waals surface area contributed by atoms with Gasteiger partial charge in [0.05, 0.1) is 4.92 Å². The molecule has 1 heterocycles. The maximum absolute atomic E-state index is 12.3. The third-order valence-electron chi connectivity index (χ3n) is 2.31. The molecule has 19 heavy (non-hydrogen) atoms. The second-order valence-electron chi connectivity index (χ2n) is 3.67. The highest BCUT2D eigenvalue weighted by molar-refractivity contribution is 5.58. The number of halogens is 3. The van der Waals surface area contributed by atoms with E-state index in [1.54, 1.807) is 0 Å². The Kier molecular flexibility index (Phi) is 2.97. The monoisotopic (exact) mass is 273 g/mol. The molecule has 9 heteroatoms. The third kappa shape index (κ3) is 2.54. The number of alkyl halides is 3. The fraction of sp³-hybridized carbons (Fsp3) is 0.200. The molecule has 0 aliphatic carbocycles. The van der Waals surface area contributed by atoms with Gasteiger partial charge in [0, 0.05) is 17.2 Å². The van der Waals surface area contributed by atoms with Crippen LogP contribution in [0.3, 0.4) is 0 Å². The molecule has 100 valence electrons. The average Bonchev–Trinajstić information content (AvgIpc) is 2.76. The fourth-order valence-corrected chi connectivity index (χ4v) is 1.45. The molecule has 2 aromatic rings. The summed E-state index contributed by atoms with van der Waals surface area (Å²) in [5.74, 6) is -1.80. The van der Waals surface area contributed by atoms with Gasteiger partial charge in [-0.3, -0.25) is 10.1 Å². The molecule has 0 fully saturated rings. The molecular formula is C10H6F3N3O3. The number of rotatable bonds is 2. The second-order valence-corrected chi connectivity index (χ2v) is 3.67. The van der Waals surface area contributed by atoms with E-state index >= 15 is 0 Å². The highest BCUT2D eigenvalue weighted by Gasteiger charge is 2.38. The number of aromatic nitrogens is 2. The van der Waals surface area contributed by atoms with Gasteiger partial charge in [-0.2, -0.15) is 13.2 Å². The van der Waals surface area contributed by atoms with Gasteiger partial charge in [-0.15, -0.1) is 10.2 Å². The van der Waals surface area contributed by atoms with Gasteiger partial charge in [0.25, 0.3) is 5.69 Å². The Hall–Kier alpha value is -2.45. The Balaban J connectivity index is 2.40. The van der Waals surface area contributed by atoms with Crippen molar-refractivity contribution >= 4 is 5.69 Å². The first kappa shape index (κ1) is 13.0. The van der Waals surface area contributed by atoms with Crippen LogP contribution in [-0.2, 0) is 6.18 Å². The maximum atomic E-state index is 12.3. The van der Waals surface area contributed by atoms with Crippen molar-refractivity contribution in [1.29, 1.82) is 0 Å². The van der Waals surface area contributed by atoms with Crippen molar-refractivity contribution in [3.63, 3.8) is 0 Å². The van der Waals surface area contributed by atoms with E-state index in [0.717, 1.165) is 0 Å². The van der Waals surface area contributed by atoms with Gasteiger partial charge in [0.1, 0.15) is 0 Å². The van der Waals surface area contributed by atoms with Crippen LogP contribution in [-0.4, -0.2) is 15.1 Å². The first-order valence-electron chi connectivity index (χ1n) is 4.95. The van der Waals surface area contributed by atoms with E-state index in [9.17, 15) is 23.3 Å². The molecule has 0 aliphatic heterocycles. The molecule has 1 aromatic heterocycles. The molecule has 0 atom stereocenters. The normalized spacial score (nSPS) is 11.6. The molecule has 0 aliphatic rings. The lowest BCUT2D eigenvalue weighted by molar-refractivity contribution is -0.385. The summed E-state index contributed by atoms with van der Waals surface area (Å²) >= 11 is 0. The van der Waals surface area contributed by atoms with Crippen molar-refractivity contribution in [2.24, 2.45) is 0 Å². The molecule has 2 rings (SSSR count). The molecular weight excluding hydrogens is 267 g/mol. The van der Waals surface area contributed by atoms with E-state index in [0.29, 0.717) is 0 Å². The van der Waals surface area contributed by atoms with E-state index in [4.69, 9.17) is 0 Å². The van der Waals surface area contributed by atoms with Gasteiger partial charge in [0.2, 0.25) is 5.89 Å². The number of hydrogen-bond donors (Lipinski definition) is 0. The van der Waals surface area contributed by atoms with Crippen LogP contribution in [0, 0.1) is 17.0 Å². The van der Waals surface area contributed by atoms with Crippen LogP contribution in [0.2, 0.25) is 0 Å². The quantitative estimate of drug-likeness (QED) is 0.620. The lowest BCUT2D eigenvalue weighted by Gasteiger charge is -2.00. The lowest BCUT2D eigenvalue weighted by Crippen LogP contribution is -2.04. The van der Waals surface area contributed by atoms with Crippen molar-refractivity contribution < 1.29 is 22.5 Å². The summed E-state index contributed by atoms with van der Waals surface area (Å²) in [6.07, 6.45) is -4.72. The molecule has 0 spiro atoms. The average molecular weight is 273 g/mol. The number of hydrogen-bond acceptors (Lipinski definition) is 5. The summed E-state index contributed by atoms with van der Waals surface area (Å²) in [6.45, 7) is 1.46. The van der Waals surface area contributed by atoms with Crippen molar-refractivity contribution in [2.45, 2.75) is 13.1 Å². The van der Waals surface area contributed by atoms with E-state index in [1.165, 1.54) is 25.1 Å². The second kappa shape index (κ2) is 4.34. The predicted octanol–water partition coefficient (Wildman–Crippen LogP) is 2.97. The number of benzene rings is 1. The number of nitro groups is 1. The van der Waals surface area contributed by atoms with Crippen molar-refractivity contribution in [1.82, 2.24) is 10.2 Å². The number of nitrogens with zero attached hydrogens (tertiary/aromatic N) is 3. The first-order valence-corrected chi connectivity index (χ1v) is 4.95. The third-order valence-corrected chi connectivity index (χ3v) is 2.31. The summed E-state index contributed by atoms with van der Waals surface area (Å²) in [5.41, 5.74) is 0.333. The lowest BCUT2D eigenvalue weighted by atomic mass is 10.1. The summed E-state index contributed by atoms with van der Waals surface area (Å²) < 4.78 is 41.3. The summed E-state index contributed by atoms with van der Waals surface area (Å²) in [6, 6.07) is 3.73. The van der Waals surface area contributed by atoms with Crippen LogP contribution in [0.25, 0.3) is 11.5 Å². The highest BCUT2D eigenvalue weighted by atomic mass is 19.4. The van der Waals surface area contributed by atoms with Crippen molar-refractivity contribution in [3.05, 3.63) is 39.8 Å². The topological polar surface area (TPSA) is 82.1 Å². The molecule has 6 nitrogen and oxygen atoms in total. The Morgan fingerprint density at radius 1 is 1.32 bits per heavy atom. The molecule has 0 saturated carbocycles. The van der Waals surface area contributed by atoms with Gasteiger partial charge >= 0.3 is 12.1 Å². The number of nitro benzene ring substituents is 1. The highest BCUT2D eigenvalue weighted by Crippen LogP contribution is 2.31. The maximum Gasteiger partial charge on any atom is 0.470 e. The van der Waals surface area contributed by atoms with E-state index in [2.05, 4.69) is 14.6 Å². The van der Waals surface area contributed by atoms with Gasteiger partial charge in [0.15, 0.2) is 0 Å². The Morgan fingerprint density at radius 2 is 2.00 bits per heavy atom. The molecule has 0 amide bonds. The van der Waals surface area contributed by atoms with Crippen LogP contribution in [0.1, 0.15) is 11.5 Å². The largest absolute Gasteiger partial charge is 0.470 e. The zero-order valence-corrected chi connectivity index (χ0v) is 9.43. The number of aryl methyl sites for hydroxylation is 1. The zero-order chi connectivity index (χ0) is 14.2. The van der Waals surface area contributed by atoms with E-state index in [-0.39, 0.29) is 22.7 Å². The van der Waals surface area contributed by atoms with E-state index < -0.39 is 17.0 Å².